The lowest BCUT2D eigenvalue weighted by Crippen LogP contribution is -2.22. The highest BCUT2D eigenvalue weighted by molar-refractivity contribution is 7.07. The van der Waals surface area contributed by atoms with E-state index in [0.717, 1.165) is 5.82 Å². The normalized spacial score (nSPS) is 19.3. The van der Waals surface area contributed by atoms with Crippen molar-refractivity contribution in [3.05, 3.63) is 10.9 Å². The molecule has 2 nitrogen and oxygen atoms in total. The molecule has 1 aliphatic carbocycles. The summed E-state index contributed by atoms with van der Waals surface area (Å²) in [5.74, 6) is 1.06. The van der Waals surface area contributed by atoms with Crippen LogP contribution in [0, 0.1) is 0 Å². The Morgan fingerprint density at radius 1 is 1.33 bits per heavy atom. The maximum Gasteiger partial charge on any atom is 0.137 e. The monoisotopic (exact) mass is 182 g/mol. The molecule has 1 aliphatic rings. The van der Waals surface area contributed by atoms with Gasteiger partial charge in [0, 0.05) is 11.4 Å². The zero-order valence-electron chi connectivity index (χ0n) is 7.12. The average molecular weight is 182 g/mol. The number of rotatable bonds is 2. The maximum absolute atomic E-state index is 4.22. The average Bonchev–Trinajstić information content (AvgIpc) is 2.59. The lowest BCUT2D eigenvalue weighted by molar-refractivity contribution is 0.462. The summed E-state index contributed by atoms with van der Waals surface area (Å²) in [4.78, 5) is 4.22. The molecule has 1 aromatic heterocycles. The highest BCUT2D eigenvalue weighted by Crippen LogP contribution is 2.21. The van der Waals surface area contributed by atoms with E-state index in [9.17, 15) is 0 Å². The number of anilines is 1. The molecule has 0 atom stereocenters. The Balaban J connectivity index is 1.86. The zero-order chi connectivity index (χ0) is 8.23. The van der Waals surface area contributed by atoms with E-state index in [1.54, 1.807) is 11.3 Å². The fourth-order valence-corrected chi connectivity index (χ4v) is 2.23. The molecular formula is C9H14N2S. The highest BCUT2D eigenvalue weighted by atomic mass is 32.1. The summed E-state index contributed by atoms with van der Waals surface area (Å²) in [6.45, 7) is 0. The van der Waals surface area contributed by atoms with Crippen LogP contribution in [0.25, 0.3) is 0 Å². The third-order valence-electron chi connectivity index (χ3n) is 2.39. The van der Waals surface area contributed by atoms with E-state index in [1.165, 1.54) is 32.1 Å². The minimum Gasteiger partial charge on any atom is -0.367 e. The van der Waals surface area contributed by atoms with Crippen molar-refractivity contribution >= 4 is 17.2 Å². The highest BCUT2D eigenvalue weighted by Gasteiger charge is 2.12. The summed E-state index contributed by atoms with van der Waals surface area (Å²) < 4.78 is 0. The summed E-state index contributed by atoms with van der Waals surface area (Å²) in [5, 5.41) is 5.54. The quantitative estimate of drug-likeness (QED) is 0.760. The summed E-state index contributed by atoms with van der Waals surface area (Å²) in [6, 6.07) is 0.681. The lowest BCUT2D eigenvalue weighted by Gasteiger charge is -2.22. The van der Waals surface area contributed by atoms with Gasteiger partial charge in [0.1, 0.15) is 5.82 Å². The fourth-order valence-electron chi connectivity index (χ4n) is 1.74. The van der Waals surface area contributed by atoms with Gasteiger partial charge in [-0.15, -0.1) is 11.3 Å². The second-order valence-electron chi connectivity index (χ2n) is 3.35. The maximum atomic E-state index is 4.22. The molecule has 1 fully saturated rings. The van der Waals surface area contributed by atoms with Crippen LogP contribution in [0.4, 0.5) is 5.82 Å². The molecule has 0 saturated heterocycles. The Labute approximate surface area is 77.0 Å². The molecule has 0 aromatic carbocycles. The first-order valence-electron chi connectivity index (χ1n) is 4.60. The Hall–Kier alpha value is -0.570. The van der Waals surface area contributed by atoms with Crippen LogP contribution in [0.1, 0.15) is 32.1 Å². The minimum atomic E-state index is 0.681. The van der Waals surface area contributed by atoms with Crippen LogP contribution in [-0.2, 0) is 0 Å². The summed E-state index contributed by atoms with van der Waals surface area (Å²) >= 11 is 1.65. The van der Waals surface area contributed by atoms with E-state index in [4.69, 9.17) is 0 Å². The summed E-state index contributed by atoms with van der Waals surface area (Å²) in [6.07, 6.45) is 6.80. The molecule has 3 heteroatoms. The van der Waals surface area contributed by atoms with Crippen LogP contribution in [0.15, 0.2) is 10.9 Å². The van der Waals surface area contributed by atoms with Gasteiger partial charge in [-0.2, -0.15) is 0 Å². The molecule has 0 bridgehead atoms. The van der Waals surface area contributed by atoms with Crippen LogP contribution in [0.3, 0.4) is 0 Å². The predicted octanol–water partition coefficient (Wildman–Crippen LogP) is 2.89. The molecule has 0 unspecified atom stereocenters. The van der Waals surface area contributed by atoms with Gasteiger partial charge in [0.15, 0.2) is 0 Å². The SMILES string of the molecule is c1nc(NC2CCCCC2)cs1. The number of hydrogen-bond acceptors (Lipinski definition) is 3. The molecule has 66 valence electrons. The third-order valence-corrected chi connectivity index (χ3v) is 2.98. The van der Waals surface area contributed by atoms with Crippen molar-refractivity contribution in [2.75, 3.05) is 5.32 Å². The second kappa shape index (κ2) is 3.90. The molecule has 12 heavy (non-hydrogen) atoms. The molecule has 0 aliphatic heterocycles. The van der Waals surface area contributed by atoms with Crippen molar-refractivity contribution < 1.29 is 0 Å². The molecule has 0 amide bonds. The fraction of sp³-hybridized carbons (Fsp3) is 0.667. The first-order chi connectivity index (χ1) is 5.95. The van der Waals surface area contributed by atoms with Gasteiger partial charge in [0.05, 0.1) is 5.51 Å². The Bertz CT molecular complexity index is 214. The van der Waals surface area contributed by atoms with Gasteiger partial charge in [-0.25, -0.2) is 4.98 Å². The number of aromatic nitrogens is 1. The van der Waals surface area contributed by atoms with Crippen LogP contribution < -0.4 is 5.32 Å². The predicted molar refractivity (Wildman–Crippen MR) is 52.6 cm³/mol. The molecule has 1 heterocycles. The van der Waals surface area contributed by atoms with E-state index in [0.29, 0.717) is 6.04 Å². The molecule has 1 N–H and O–H groups in total. The molecular weight excluding hydrogens is 168 g/mol. The number of hydrogen-bond donors (Lipinski definition) is 1. The Morgan fingerprint density at radius 2 is 2.17 bits per heavy atom. The van der Waals surface area contributed by atoms with Crippen LogP contribution >= 0.6 is 11.3 Å². The van der Waals surface area contributed by atoms with Crippen molar-refractivity contribution in [2.45, 2.75) is 38.1 Å². The standard InChI is InChI=1S/C9H14N2S/c1-2-4-8(5-3-1)11-9-6-12-7-10-9/h6-8,11H,1-5H2. The van der Waals surface area contributed by atoms with Crippen molar-refractivity contribution in [3.63, 3.8) is 0 Å². The lowest BCUT2D eigenvalue weighted by atomic mass is 9.96. The van der Waals surface area contributed by atoms with Gasteiger partial charge in [0.25, 0.3) is 0 Å². The zero-order valence-corrected chi connectivity index (χ0v) is 7.94. The molecule has 1 aromatic rings. The first-order valence-corrected chi connectivity index (χ1v) is 5.54. The van der Waals surface area contributed by atoms with E-state index in [2.05, 4.69) is 15.7 Å². The van der Waals surface area contributed by atoms with Crippen LogP contribution in [0.5, 0.6) is 0 Å². The Morgan fingerprint density at radius 3 is 2.83 bits per heavy atom. The van der Waals surface area contributed by atoms with Crippen molar-refractivity contribution in [3.8, 4) is 0 Å². The second-order valence-corrected chi connectivity index (χ2v) is 4.07. The number of thiazole rings is 1. The van der Waals surface area contributed by atoms with E-state index in [-0.39, 0.29) is 0 Å². The van der Waals surface area contributed by atoms with Gasteiger partial charge in [-0.1, -0.05) is 19.3 Å². The summed E-state index contributed by atoms with van der Waals surface area (Å²) in [7, 11) is 0. The van der Waals surface area contributed by atoms with Gasteiger partial charge < -0.3 is 5.32 Å². The van der Waals surface area contributed by atoms with Crippen molar-refractivity contribution in [2.24, 2.45) is 0 Å². The van der Waals surface area contributed by atoms with Gasteiger partial charge in [0.2, 0.25) is 0 Å². The largest absolute Gasteiger partial charge is 0.367 e. The molecule has 0 radical (unpaired) electrons. The van der Waals surface area contributed by atoms with Crippen molar-refractivity contribution in [1.82, 2.24) is 4.98 Å². The molecule has 0 spiro atoms. The Kier molecular flexibility index (Phi) is 2.61. The van der Waals surface area contributed by atoms with Crippen molar-refractivity contribution in [1.29, 1.82) is 0 Å². The van der Waals surface area contributed by atoms with Crippen LogP contribution in [-0.4, -0.2) is 11.0 Å². The van der Waals surface area contributed by atoms with Crippen LogP contribution in [0.2, 0.25) is 0 Å². The topological polar surface area (TPSA) is 24.9 Å². The smallest absolute Gasteiger partial charge is 0.137 e. The number of nitrogens with zero attached hydrogens (tertiary/aromatic N) is 1. The van der Waals surface area contributed by atoms with Gasteiger partial charge in [-0.3, -0.25) is 0 Å². The van der Waals surface area contributed by atoms with E-state index in [1.807, 2.05) is 5.51 Å². The van der Waals surface area contributed by atoms with E-state index >= 15 is 0 Å². The number of nitrogens with one attached hydrogen (secondary N) is 1. The third kappa shape index (κ3) is 1.97. The van der Waals surface area contributed by atoms with Gasteiger partial charge in [-0.05, 0) is 12.8 Å². The minimum absolute atomic E-state index is 0.681. The summed E-state index contributed by atoms with van der Waals surface area (Å²) in [5.41, 5.74) is 1.88. The first kappa shape index (κ1) is 8.05. The molecule has 2 rings (SSSR count). The molecule has 1 saturated carbocycles. The van der Waals surface area contributed by atoms with E-state index < -0.39 is 0 Å². The van der Waals surface area contributed by atoms with Gasteiger partial charge >= 0.3 is 0 Å².